The standard InChI is InChI=1S/C13H11BrClIN2O2/c1-19-6-10-11(16)12(15)18-13(17-10)8-5-7(20-2)3-4-9(8)14/h3-5H,6H2,1-2H3. The van der Waals surface area contributed by atoms with Gasteiger partial charge in [-0.1, -0.05) is 27.5 Å². The van der Waals surface area contributed by atoms with Crippen LogP contribution < -0.4 is 4.74 Å². The molecule has 106 valence electrons. The molecule has 0 saturated heterocycles. The Morgan fingerprint density at radius 2 is 2.05 bits per heavy atom. The Bertz CT molecular complexity index is 640. The fourth-order valence-corrected chi connectivity index (χ4v) is 2.63. The first kappa shape index (κ1) is 15.9. The molecule has 2 aromatic rings. The normalized spacial score (nSPS) is 10.7. The SMILES string of the molecule is COCc1nc(-c2cc(OC)ccc2Br)nc(Cl)c1I. The Balaban J connectivity index is 2.57. The van der Waals surface area contributed by atoms with Gasteiger partial charge in [0.1, 0.15) is 10.9 Å². The van der Waals surface area contributed by atoms with Crippen LogP contribution in [0.5, 0.6) is 5.75 Å². The zero-order chi connectivity index (χ0) is 14.7. The van der Waals surface area contributed by atoms with Crippen molar-refractivity contribution in [1.29, 1.82) is 0 Å². The van der Waals surface area contributed by atoms with Crippen molar-refractivity contribution >= 4 is 50.1 Å². The van der Waals surface area contributed by atoms with Crippen molar-refractivity contribution in [3.05, 3.63) is 37.1 Å². The summed E-state index contributed by atoms with van der Waals surface area (Å²) in [6, 6.07) is 5.61. The molecule has 0 amide bonds. The topological polar surface area (TPSA) is 44.2 Å². The molecule has 7 heteroatoms. The maximum Gasteiger partial charge on any atom is 0.162 e. The third kappa shape index (κ3) is 3.41. The van der Waals surface area contributed by atoms with Crippen LogP contribution in [0.3, 0.4) is 0 Å². The summed E-state index contributed by atoms with van der Waals surface area (Å²) in [5, 5.41) is 0.414. The van der Waals surface area contributed by atoms with Gasteiger partial charge >= 0.3 is 0 Å². The molecule has 0 aliphatic heterocycles. The number of hydrogen-bond donors (Lipinski definition) is 0. The number of nitrogens with zero attached hydrogens (tertiary/aromatic N) is 2. The second-order valence-corrected chi connectivity index (χ2v) is 6.17. The largest absolute Gasteiger partial charge is 0.497 e. The third-order valence-electron chi connectivity index (χ3n) is 2.57. The molecule has 1 aromatic heterocycles. The molecule has 4 nitrogen and oxygen atoms in total. The Kier molecular flexibility index (Phi) is 5.59. The fraction of sp³-hybridized carbons (Fsp3) is 0.231. The Labute approximate surface area is 144 Å². The highest BCUT2D eigenvalue weighted by Crippen LogP contribution is 2.32. The van der Waals surface area contributed by atoms with Gasteiger partial charge in [0.25, 0.3) is 0 Å². The maximum absolute atomic E-state index is 6.17. The van der Waals surface area contributed by atoms with Crippen LogP contribution in [-0.4, -0.2) is 24.2 Å². The fourth-order valence-electron chi connectivity index (χ4n) is 1.62. The van der Waals surface area contributed by atoms with Crippen molar-refractivity contribution in [1.82, 2.24) is 9.97 Å². The highest BCUT2D eigenvalue weighted by molar-refractivity contribution is 14.1. The predicted molar refractivity (Wildman–Crippen MR) is 90.2 cm³/mol. The van der Waals surface area contributed by atoms with Gasteiger partial charge in [-0.25, -0.2) is 9.97 Å². The average molecular weight is 470 g/mol. The van der Waals surface area contributed by atoms with E-state index in [1.165, 1.54) is 0 Å². The summed E-state index contributed by atoms with van der Waals surface area (Å²) in [4.78, 5) is 8.84. The predicted octanol–water partition coefficient (Wildman–Crippen LogP) is 4.32. The van der Waals surface area contributed by atoms with Crippen molar-refractivity contribution in [2.45, 2.75) is 6.61 Å². The molecular formula is C13H11BrClIN2O2. The molecule has 0 atom stereocenters. The van der Waals surface area contributed by atoms with Crippen LogP contribution in [0.1, 0.15) is 5.69 Å². The number of benzene rings is 1. The molecule has 0 bridgehead atoms. The van der Waals surface area contributed by atoms with Gasteiger partial charge in [-0.15, -0.1) is 0 Å². The van der Waals surface area contributed by atoms with E-state index < -0.39 is 0 Å². The molecular weight excluding hydrogens is 458 g/mol. The van der Waals surface area contributed by atoms with Gasteiger partial charge in [-0.2, -0.15) is 0 Å². The second kappa shape index (κ2) is 7.02. The van der Waals surface area contributed by atoms with Gasteiger partial charge in [0.05, 0.1) is 23.0 Å². The van der Waals surface area contributed by atoms with Crippen molar-refractivity contribution in [3.63, 3.8) is 0 Å². The minimum absolute atomic E-state index is 0.384. The molecule has 0 N–H and O–H groups in total. The van der Waals surface area contributed by atoms with Crippen LogP contribution in [-0.2, 0) is 11.3 Å². The Morgan fingerprint density at radius 1 is 1.30 bits per heavy atom. The molecule has 2 rings (SSSR count). The zero-order valence-corrected chi connectivity index (χ0v) is 15.3. The summed E-state index contributed by atoms with van der Waals surface area (Å²) in [5.74, 6) is 1.27. The van der Waals surface area contributed by atoms with E-state index in [1.54, 1.807) is 14.2 Å². The highest BCUT2D eigenvalue weighted by atomic mass is 127. The van der Waals surface area contributed by atoms with E-state index in [2.05, 4.69) is 48.5 Å². The highest BCUT2D eigenvalue weighted by Gasteiger charge is 2.14. The molecule has 1 heterocycles. The van der Waals surface area contributed by atoms with E-state index in [1.807, 2.05) is 18.2 Å². The van der Waals surface area contributed by atoms with E-state index in [9.17, 15) is 0 Å². The molecule has 20 heavy (non-hydrogen) atoms. The Morgan fingerprint density at radius 3 is 2.70 bits per heavy atom. The number of methoxy groups -OCH3 is 2. The summed E-state index contributed by atoms with van der Waals surface area (Å²) in [6.07, 6.45) is 0. The van der Waals surface area contributed by atoms with Crippen LogP contribution >= 0.6 is 50.1 Å². The number of ether oxygens (including phenoxy) is 2. The van der Waals surface area contributed by atoms with Crippen molar-refractivity contribution < 1.29 is 9.47 Å². The van der Waals surface area contributed by atoms with E-state index in [4.69, 9.17) is 21.1 Å². The summed E-state index contributed by atoms with van der Waals surface area (Å²) in [6.45, 7) is 0.384. The van der Waals surface area contributed by atoms with E-state index in [0.29, 0.717) is 17.6 Å². The first-order valence-electron chi connectivity index (χ1n) is 5.61. The number of aromatic nitrogens is 2. The third-order valence-corrected chi connectivity index (χ3v) is 4.99. The first-order chi connectivity index (χ1) is 9.56. The molecule has 0 radical (unpaired) electrons. The lowest BCUT2D eigenvalue weighted by Gasteiger charge is -2.10. The minimum Gasteiger partial charge on any atom is -0.497 e. The summed E-state index contributed by atoms with van der Waals surface area (Å²) in [7, 11) is 3.23. The molecule has 0 aliphatic carbocycles. The maximum atomic E-state index is 6.17. The van der Waals surface area contributed by atoms with Crippen molar-refractivity contribution in [2.24, 2.45) is 0 Å². The van der Waals surface area contributed by atoms with Crippen molar-refractivity contribution in [3.8, 4) is 17.1 Å². The molecule has 1 aromatic carbocycles. The number of hydrogen-bond acceptors (Lipinski definition) is 4. The van der Waals surface area contributed by atoms with Crippen LogP contribution in [0.4, 0.5) is 0 Å². The van der Waals surface area contributed by atoms with Gasteiger partial charge in [0.15, 0.2) is 5.82 Å². The number of rotatable bonds is 4. The lowest BCUT2D eigenvalue weighted by molar-refractivity contribution is 0.181. The summed E-state index contributed by atoms with van der Waals surface area (Å²) < 4.78 is 12.0. The van der Waals surface area contributed by atoms with Gasteiger partial charge in [-0.05, 0) is 40.8 Å². The van der Waals surface area contributed by atoms with Crippen LogP contribution in [0.2, 0.25) is 5.15 Å². The lowest BCUT2D eigenvalue weighted by Crippen LogP contribution is -2.02. The van der Waals surface area contributed by atoms with E-state index >= 15 is 0 Å². The summed E-state index contributed by atoms with van der Waals surface area (Å²) >= 11 is 11.8. The smallest absolute Gasteiger partial charge is 0.162 e. The van der Waals surface area contributed by atoms with E-state index in [0.717, 1.165) is 25.0 Å². The minimum atomic E-state index is 0.384. The molecule has 0 unspecified atom stereocenters. The lowest BCUT2D eigenvalue weighted by atomic mass is 10.2. The van der Waals surface area contributed by atoms with Crippen molar-refractivity contribution in [2.75, 3.05) is 14.2 Å². The van der Waals surface area contributed by atoms with Crippen LogP contribution in [0.15, 0.2) is 22.7 Å². The van der Waals surface area contributed by atoms with E-state index in [-0.39, 0.29) is 0 Å². The first-order valence-corrected chi connectivity index (χ1v) is 7.86. The summed E-state index contributed by atoms with van der Waals surface area (Å²) in [5.41, 5.74) is 1.58. The molecule has 0 aliphatic rings. The zero-order valence-electron chi connectivity index (χ0n) is 10.8. The number of halogens is 3. The molecule has 0 fully saturated rings. The monoisotopic (exact) mass is 468 g/mol. The van der Waals surface area contributed by atoms with Gasteiger partial charge < -0.3 is 9.47 Å². The average Bonchev–Trinajstić information content (AvgIpc) is 2.44. The van der Waals surface area contributed by atoms with Gasteiger partial charge in [-0.3, -0.25) is 0 Å². The quantitative estimate of drug-likeness (QED) is 0.494. The Hall–Kier alpha value is -0.440. The molecule has 0 spiro atoms. The van der Waals surface area contributed by atoms with Gasteiger partial charge in [0, 0.05) is 17.1 Å². The second-order valence-electron chi connectivity index (χ2n) is 3.88. The van der Waals surface area contributed by atoms with Crippen LogP contribution in [0.25, 0.3) is 11.4 Å². The molecule has 0 saturated carbocycles. The van der Waals surface area contributed by atoms with Gasteiger partial charge in [0.2, 0.25) is 0 Å². The van der Waals surface area contributed by atoms with Crippen LogP contribution in [0, 0.1) is 3.57 Å².